The minimum absolute atomic E-state index is 0.622. The molecular weight excluding hydrogens is 310 g/mol. The van der Waals surface area contributed by atoms with E-state index in [0.717, 1.165) is 47.7 Å². The molecule has 1 aromatic carbocycles. The Morgan fingerprint density at radius 2 is 2.00 bits per heavy atom. The maximum absolute atomic E-state index is 5.53. The van der Waals surface area contributed by atoms with Crippen LogP contribution in [0.5, 0.6) is 11.5 Å². The zero-order chi connectivity index (χ0) is 14.1. The number of rotatable bonds is 9. The van der Waals surface area contributed by atoms with Gasteiger partial charge in [-0.15, -0.1) is 0 Å². The summed E-state index contributed by atoms with van der Waals surface area (Å²) in [6.45, 7) is 5.07. The summed E-state index contributed by atoms with van der Waals surface area (Å²) in [4.78, 5) is 0. The molecule has 0 fully saturated rings. The molecule has 4 nitrogen and oxygen atoms in total. The van der Waals surface area contributed by atoms with Crippen molar-refractivity contribution < 1.29 is 14.2 Å². The first-order valence-electron chi connectivity index (χ1n) is 6.41. The average molecular weight is 332 g/mol. The Hall–Kier alpha value is -0.780. The number of hydrogen-bond donors (Lipinski definition) is 1. The van der Waals surface area contributed by atoms with Gasteiger partial charge in [0.15, 0.2) is 11.5 Å². The third kappa shape index (κ3) is 5.38. The highest BCUT2D eigenvalue weighted by molar-refractivity contribution is 9.10. The lowest BCUT2D eigenvalue weighted by Gasteiger charge is -2.13. The molecule has 0 atom stereocenters. The summed E-state index contributed by atoms with van der Waals surface area (Å²) >= 11 is 3.56. The van der Waals surface area contributed by atoms with Crippen molar-refractivity contribution in [2.24, 2.45) is 0 Å². The van der Waals surface area contributed by atoms with Crippen molar-refractivity contribution in [3.63, 3.8) is 0 Å². The van der Waals surface area contributed by atoms with Gasteiger partial charge in [0.1, 0.15) is 0 Å². The lowest BCUT2D eigenvalue weighted by Crippen LogP contribution is -2.16. The predicted octanol–water partition coefficient (Wildman–Crippen LogP) is 2.98. The summed E-state index contributed by atoms with van der Waals surface area (Å²) < 4.78 is 16.9. The van der Waals surface area contributed by atoms with E-state index in [2.05, 4.69) is 21.2 Å². The third-order valence-electron chi connectivity index (χ3n) is 2.65. The van der Waals surface area contributed by atoms with Gasteiger partial charge in [-0.3, -0.25) is 0 Å². The molecular formula is C14H22BrNO3. The van der Waals surface area contributed by atoms with Gasteiger partial charge < -0.3 is 19.5 Å². The molecule has 0 saturated carbocycles. The van der Waals surface area contributed by atoms with Crippen molar-refractivity contribution in [2.75, 3.05) is 34.0 Å². The van der Waals surface area contributed by atoms with Crippen molar-refractivity contribution >= 4 is 15.9 Å². The Morgan fingerprint density at radius 1 is 1.21 bits per heavy atom. The highest BCUT2D eigenvalue weighted by Gasteiger charge is 2.09. The van der Waals surface area contributed by atoms with Gasteiger partial charge >= 0.3 is 0 Å². The summed E-state index contributed by atoms with van der Waals surface area (Å²) in [6, 6.07) is 3.95. The Labute approximate surface area is 123 Å². The topological polar surface area (TPSA) is 39.7 Å². The third-order valence-corrected chi connectivity index (χ3v) is 3.39. The van der Waals surface area contributed by atoms with Crippen molar-refractivity contribution in [1.29, 1.82) is 0 Å². The lowest BCUT2D eigenvalue weighted by atomic mass is 10.2. The minimum Gasteiger partial charge on any atom is -0.493 e. The molecule has 1 aromatic rings. The fourth-order valence-electron chi connectivity index (χ4n) is 1.71. The molecule has 5 heteroatoms. The fourth-order valence-corrected chi connectivity index (χ4v) is 2.17. The summed E-state index contributed by atoms with van der Waals surface area (Å²) in [5.74, 6) is 1.53. The van der Waals surface area contributed by atoms with Crippen molar-refractivity contribution in [3.8, 4) is 11.5 Å². The van der Waals surface area contributed by atoms with Crippen LogP contribution >= 0.6 is 15.9 Å². The van der Waals surface area contributed by atoms with Gasteiger partial charge in [-0.1, -0.05) is 15.9 Å². The molecule has 0 unspecified atom stereocenters. The lowest BCUT2D eigenvalue weighted by molar-refractivity contribution is 0.194. The summed E-state index contributed by atoms with van der Waals surface area (Å²) in [5.41, 5.74) is 1.15. The van der Waals surface area contributed by atoms with Crippen LogP contribution in [0, 0.1) is 0 Å². The maximum Gasteiger partial charge on any atom is 0.162 e. The zero-order valence-corrected chi connectivity index (χ0v) is 13.4. The second-order valence-corrected chi connectivity index (χ2v) is 4.90. The van der Waals surface area contributed by atoms with E-state index in [-0.39, 0.29) is 0 Å². The molecule has 0 aromatic heterocycles. The SMILES string of the molecule is CCOc1cc(Br)c(CNCCCOC)cc1OC. The quantitative estimate of drug-likeness (QED) is 0.706. The normalized spacial score (nSPS) is 10.5. The van der Waals surface area contributed by atoms with E-state index in [1.165, 1.54) is 0 Å². The molecule has 0 saturated heterocycles. The first-order chi connectivity index (χ1) is 9.22. The molecule has 0 aliphatic rings. The van der Waals surface area contributed by atoms with Crippen molar-refractivity contribution in [2.45, 2.75) is 19.9 Å². The van der Waals surface area contributed by atoms with Crippen molar-refractivity contribution in [1.82, 2.24) is 5.32 Å². The van der Waals surface area contributed by atoms with E-state index in [1.54, 1.807) is 14.2 Å². The Kier molecular flexibility index (Phi) is 7.86. The Morgan fingerprint density at radius 3 is 2.63 bits per heavy atom. The molecule has 0 heterocycles. The Bertz CT molecular complexity index is 385. The highest BCUT2D eigenvalue weighted by Crippen LogP contribution is 2.33. The van der Waals surface area contributed by atoms with E-state index in [9.17, 15) is 0 Å². The minimum atomic E-state index is 0.622. The van der Waals surface area contributed by atoms with Gasteiger partial charge in [-0.2, -0.15) is 0 Å². The van der Waals surface area contributed by atoms with Crippen LogP contribution in [0.4, 0.5) is 0 Å². The molecule has 0 spiro atoms. The smallest absolute Gasteiger partial charge is 0.162 e. The van der Waals surface area contributed by atoms with Crippen LogP contribution < -0.4 is 14.8 Å². The molecule has 1 N–H and O–H groups in total. The predicted molar refractivity (Wildman–Crippen MR) is 80.1 cm³/mol. The molecule has 0 amide bonds. The number of hydrogen-bond acceptors (Lipinski definition) is 4. The number of benzene rings is 1. The number of ether oxygens (including phenoxy) is 3. The van der Waals surface area contributed by atoms with Gasteiger partial charge in [0, 0.05) is 24.7 Å². The molecule has 0 bridgehead atoms. The standard InChI is InChI=1S/C14H22BrNO3/c1-4-19-14-9-12(15)11(8-13(14)18-3)10-16-6-5-7-17-2/h8-9,16H,4-7,10H2,1-3H3. The van der Waals surface area contributed by atoms with Gasteiger partial charge in [-0.25, -0.2) is 0 Å². The molecule has 0 aliphatic carbocycles. The first-order valence-corrected chi connectivity index (χ1v) is 7.21. The van der Waals surface area contributed by atoms with Crippen LogP contribution in [0.15, 0.2) is 16.6 Å². The Balaban J connectivity index is 2.62. The van der Waals surface area contributed by atoms with Crippen LogP contribution in [0.2, 0.25) is 0 Å². The highest BCUT2D eigenvalue weighted by atomic mass is 79.9. The number of nitrogens with one attached hydrogen (secondary N) is 1. The number of methoxy groups -OCH3 is 2. The summed E-state index contributed by atoms with van der Waals surface area (Å²) in [6.07, 6.45) is 1.00. The molecule has 0 radical (unpaired) electrons. The van der Waals surface area contributed by atoms with Gasteiger partial charge in [0.05, 0.1) is 13.7 Å². The first kappa shape index (κ1) is 16.3. The fraction of sp³-hybridized carbons (Fsp3) is 0.571. The second kappa shape index (κ2) is 9.18. The van der Waals surface area contributed by atoms with Crippen LogP contribution in [0.3, 0.4) is 0 Å². The molecule has 108 valence electrons. The van der Waals surface area contributed by atoms with E-state index >= 15 is 0 Å². The van der Waals surface area contributed by atoms with Crippen LogP contribution in [-0.4, -0.2) is 34.0 Å². The van der Waals surface area contributed by atoms with Crippen LogP contribution in [-0.2, 0) is 11.3 Å². The van der Waals surface area contributed by atoms with E-state index < -0.39 is 0 Å². The average Bonchev–Trinajstić information content (AvgIpc) is 2.41. The molecule has 19 heavy (non-hydrogen) atoms. The second-order valence-electron chi connectivity index (χ2n) is 4.05. The monoisotopic (exact) mass is 331 g/mol. The van der Waals surface area contributed by atoms with Gasteiger partial charge in [-0.05, 0) is 37.6 Å². The van der Waals surface area contributed by atoms with Gasteiger partial charge in [0.25, 0.3) is 0 Å². The van der Waals surface area contributed by atoms with Gasteiger partial charge in [0.2, 0.25) is 0 Å². The zero-order valence-electron chi connectivity index (χ0n) is 11.8. The molecule has 0 aliphatic heterocycles. The largest absolute Gasteiger partial charge is 0.493 e. The van der Waals surface area contributed by atoms with E-state index in [1.807, 2.05) is 19.1 Å². The van der Waals surface area contributed by atoms with Crippen LogP contribution in [0.1, 0.15) is 18.9 Å². The van der Waals surface area contributed by atoms with Crippen LogP contribution in [0.25, 0.3) is 0 Å². The van der Waals surface area contributed by atoms with Crippen molar-refractivity contribution in [3.05, 3.63) is 22.2 Å². The van der Waals surface area contributed by atoms with E-state index in [4.69, 9.17) is 14.2 Å². The summed E-state index contributed by atoms with van der Waals surface area (Å²) in [5, 5.41) is 3.37. The number of halogens is 1. The maximum atomic E-state index is 5.53. The van der Waals surface area contributed by atoms with E-state index in [0.29, 0.717) is 6.61 Å². The molecule has 1 rings (SSSR count). The summed E-state index contributed by atoms with van der Waals surface area (Å²) in [7, 11) is 3.37.